The van der Waals surface area contributed by atoms with Gasteiger partial charge >= 0.3 is 6.09 Å². The van der Waals surface area contributed by atoms with Gasteiger partial charge in [-0.2, -0.15) is 0 Å². The van der Waals surface area contributed by atoms with Crippen molar-refractivity contribution >= 4 is 17.9 Å². The fraction of sp³-hybridized carbons (Fsp3) is 0.640. The zero-order valence-corrected chi connectivity index (χ0v) is 20.4. The summed E-state index contributed by atoms with van der Waals surface area (Å²) in [5.41, 5.74) is 0.994. The molecule has 0 saturated carbocycles. The van der Waals surface area contributed by atoms with Gasteiger partial charge in [0.15, 0.2) is 0 Å². The minimum Gasteiger partial charge on any atom is -0.444 e. The van der Waals surface area contributed by atoms with Gasteiger partial charge in [0.25, 0.3) is 5.91 Å². The standard InChI is InChI=1S/C25H37N3O5/c1-17-14-28(15-18(2)32-17)23(30)20-10-8-19(9-11-20)13-26-22(29)21-7-6-12-27(16-21)24(31)33-25(3,4)5/h8-11,17-18,21H,6-7,12-16H2,1-5H3,(H,26,29). The van der Waals surface area contributed by atoms with Crippen LogP contribution in [0.15, 0.2) is 24.3 Å². The molecule has 33 heavy (non-hydrogen) atoms. The number of nitrogens with zero attached hydrogens (tertiary/aromatic N) is 2. The minimum atomic E-state index is -0.557. The Morgan fingerprint density at radius 2 is 1.67 bits per heavy atom. The van der Waals surface area contributed by atoms with E-state index in [-0.39, 0.29) is 36.0 Å². The highest BCUT2D eigenvalue weighted by molar-refractivity contribution is 5.94. The molecular weight excluding hydrogens is 422 g/mol. The first-order chi connectivity index (χ1) is 15.5. The Hall–Kier alpha value is -2.61. The Balaban J connectivity index is 1.50. The van der Waals surface area contributed by atoms with Crippen molar-refractivity contribution in [3.05, 3.63) is 35.4 Å². The molecule has 3 atom stereocenters. The first kappa shape index (κ1) is 25.0. The zero-order chi connectivity index (χ0) is 24.2. The summed E-state index contributed by atoms with van der Waals surface area (Å²) in [6.45, 7) is 12.0. The van der Waals surface area contributed by atoms with Crippen molar-refractivity contribution in [3.8, 4) is 0 Å². The van der Waals surface area contributed by atoms with Crippen LogP contribution < -0.4 is 5.32 Å². The van der Waals surface area contributed by atoms with Crippen LogP contribution in [0.4, 0.5) is 4.79 Å². The smallest absolute Gasteiger partial charge is 0.410 e. The lowest BCUT2D eigenvalue weighted by atomic mass is 9.97. The predicted octanol–water partition coefficient (Wildman–Crippen LogP) is 3.20. The number of likely N-dealkylation sites (tertiary alicyclic amines) is 1. The maximum Gasteiger partial charge on any atom is 0.410 e. The lowest BCUT2D eigenvalue weighted by Gasteiger charge is -2.35. The van der Waals surface area contributed by atoms with Crippen LogP contribution in [0.5, 0.6) is 0 Å². The lowest BCUT2D eigenvalue weighted by molar-refractivity contribution is -0.126. The Morgan fingerprint density at radius 1 is 1.03 bits per heavy atom. The van der Waals surface area contributed by atoms with Crippen LogP contribution in [0.3, 0.4) is 0 Å². The molecule has 8 nitrogen and oxygen atoms in total. The van der Waals surface area contributed by atoms with E-state index in [1.165, 1.54) is 0 Å². The second-order valence-corrected chi connectivity index (χ2v) is 10.1. The second kappa shape index (κ2) is 10.5. The fourth-order valence-electron chi connectivity index (χ4n) is 4.31. The minimum absolute atomic E-state index is 0.00275. The van der Waals surface area contributed by atoms with Crippen LogP contribution in [0.2, 0.25) is 0 Å². The maximum absolute atomic E-state index is 12.8. The summed E-state index contributed by atoms with van der Waals surface area (Å²) >= 11 is 0. The highest BCUT2D eigenvalue weighted by Crippen LogP contribution is 2.20. The SMILES string of the molecule is CC1CN(C(=O)c2ccc(CNC(=O)C3CCCN(C(=O)OC(C)(C)C)C3)cc2)CC(C)O1. The van der Waals surface area contributed by atoms with Gasteiger partial charge in [-0.25, -0.2) is 4.79 Å². The predicted molar refractivity (Wildman–Crippen MR) is 125 cm³/mol. The number of piperidine rings is 1. The van der Waals surface area contributed by atoms with Gasteiger partial charge in [0.05, 0.1) is 18.1 Å². The van der Waals surface area contributed by atoms with Crippen molar-refractivity contribution < 1.29 is 23.9 Å². The van der Waals surface area contributed by atoms with E-state index in [0.29, 0.717) is 38.3 Å². The number of carbonyl (C=O) groups excluding carboxylic acids is 3. The average molecular weight is 460 g/mol. The van der Waals surface area contributed by atoms with Crippen molar-refractivity contribution in [2.45, 2.75) is 71.8 Å². The molecule has 2 saturated heterocycles. The molecule has 1 aromatic rings. The molecule has 2 heterocycles. The highest BCUT2D eigenvalue weighted by Gasteiger charge is 2.31. The summed E-state index contributed by atoms with van der Waals surface area (Å²) in [5.74, 6) is -0.325. The second-order valence-electron chi connectivity index (χ2n) is 10.1. The molecule has 1 aromatic carbocycles. The molecule has 3 rings (SSSR count). The van der Waals surface area contributed by atoms with Crippen LogP contribution >= 0.6 is 0 Å². The number of benzene rings is 1. The molecule has 2 aliphatic rings. The van der Waals surface area contributed by atoms with E-state index in [1.54, 1.807) is 17.0 Å². The molecule has 3 amide bonds. The van der Waals surface area contributed by atoms with E-state index in [0.717, 1.165) is 18.4 Å². The first-order valence-electron chi connectivity index (χ1n) is 11.8. The summed E-state index contributed by atoms with van der Waals surface area (Å²) in [6, 6.07) is 7.35. The Bertz CT molecular complexity index is 839. The topological polar surface area (TPSA) is 88.2 Å². The van der Waals surface area contributed by atoms with Crippen molar-refractivity contribution in [2.75, 3.05) is 26.2 Å². The van der Waals surface area contributed by atoms with Gasteiger partial charge in [0.1, 0.15) is 5.60 Å². The van der Waals surface area contributed by atoms with Gasteiger partial charge in [-0.3, -0.25) is 9.59 Å². The number of amides is 3. The van der Waals surface area contributed by atoms with E-state index in [4.69, 9.17) is 9.47 Å². The molecule has 2 aliphatic heterocycles. The van der Waals surface area contributed by atoms with E-state index in [9.17, 15) is 14.4 Å². The summed E-state index contributed by atoms with van der Waals surface area (Å²) < 4.78 is 11.1. The van der Waals surface area contributed by atoms with E-state index < -0.39 is 5.60 Å². The molecule has 182 valence electrons. The fourth-order valence-corrected chi connectivity index (χ4v) is 4.31. The summed E-state index contributed by atoms with van der Waals surface area (Å²) in [7, 11) is 0. The van der Waals surface area contributed by atoms with E-state index in [2.05, 4.69) is 5.32 Å². The molecule has 0 aliphatic carbocycles. The zero-order valence-electron chi connectivity index (χ0n) is 20.4. The van der Waals surface area contributed by atoms with Crippen molar-refractivity contribution in [2.24, 2.45) is 5.92 Å². The summed E-state index contributed by atoms with van der Waals surface area (Å²) in [4.78, 5) is 41.3. The summed E-state index contributed by atoms with van der Waals surface area (Å²) in [5, 5.41) is 2.97. The van der Waals surface area contributed by atoms with Gasteiger partial charge in [0, 0.05) is 38.3 Å². The third kappa shape index (κ3) is 7.19. The third-order valence-electron chi connectivity index (χ3n) is 5.82. The van der Waals surface area contributed by atoms with Gasteiger partial charge in [-0.1, -0.05) is 12.1 Å². The molecule has 3 unspecified atom stereocenters. The van der Waals surface area contributed by atoms with Crippen LogP contribution in [0.1, 0.15) is 63.4 Å². The average Bonchev–Trinajstić information content (AvgIpc) is 2.75. The van der Waals surface area contributed by atoms with Crippen LogP contribution in [-0.2, 0) is 20.8 Å². The van der Waals surface area contributed by atoms with Gasteiger partial charge in [-0.05, 0) is 65.2 Å². The van der Waals surface area contributed by atoms with Crippen LogP contribution in [0.25, 0.3) is 0 Å². The van der Waals surface area contributed by atoms with Crippen LogP contribution in [-0.4, -0.2) is 71.7 Å². The van der Waals surface area contributed by atoms with E-state index in [1.807, 2.05) is 51.7 Å². The number of carbonyl (C=O) groups is 3. The van der Waals surface area contributed by atoms with E-state index >= 15 is 0 Å². The molecule has 0 spiro atoms. The number of morpholine rings is 1. The number of hydrogen-bond donors (Lipinski definition) is 1. The van der Waals surface area contributed by atoms with Crippen molar-refractivity contribution in [1.82, 2.24) is 15.1 Å². The largest absolute Gasteiger partial charge is 0.444 e. The number of rotatable bonds is 4. The molecule has 1 N–H and O–H groups in total. The molecule has 0 radical (unpaired) electrons. The van der Waals surface area contributed by atoms with Crippen molar-refractivity contribution in [1.29, 1.82) is 0 Å². The first-order valence-corrected chi connectivity index (χ1v) is 11.8. The highest BCUT2D eigenvalue weighted by atomic mass is 16.6. The van der Waals surface area contributed by atoms with Gasteiger partial charge in [-0.15, -0.1) is 0 Å². The Labute approximate surface area is 196 Å². The summed E-state index contributed by atoms with van der Waals surface area (Å²) in [6.07, 6.45) is 1.20. The van der Waals surface area contributed by atoms with Gasteiger partial charge in [0.2, 0.25) is 5.91 Å². The van der Waals surface area contributed by atoms with Crippen LogP contribution in [0, 0.1) is 5.92 Å². The Morgan fingerprint density at radius 3 is 2.27 bits per heavy atom. The Kier molecular flexibility index (Phi) is 8.00. The number of nitrogens with one attached hydrogen (secondary N) is 1. The third-order valence-corrected chi connectivity index (χ3v) is 5.82. The monoisotopic (exact) mass is 459 g/mol. The maximum atomic E-state index is 12.8. The molecule has 8 heteroatoms. The molecule has 0 aromatic heterocycles. The lowest BCUT2D eigenvalue weighted by Crippen LogP contribution is -2.48. The molecule has 2 fully saturated rings. The number of ether oxygens (including phenoxy) is 2. The number of hydrogen-bond acceptors (Lipinski definition) is 5. The van der Waals surface area contributed by atoms with Gasteiger partial charge < -0.3 is 24.6 Å². The molecular formula is C25H37N3O5. The normalized spacial score (nSPS) is 23.7. The van der Waals surface area contributed by atoms with Crippen molar-refractivity contribution in [3.63, 3.8) is 0 Å². The quantitative estimate of drug-likeness (QED) is 0.747. The molecule has 0 bridgehead atoms.